The molecule has 0 aliphatic rings. The molecule has 0 atom stereocenters. The smallest absolute Gasteiger partial charge is 0.124 e. The van der Waals surface area contributed by atoms with Crippen LogP contribution in [0.25, 0.3) is 0 Å². The third-order valence-electron chi connectivity index (χ3n) is 2.72. The summed E-state index contributed by atoms with van der Waals surface area (Å²) in [6.45, 7) is 5.48. The summed E-state index contributed by atoms with van der Waals surface area (Å²) in [6, 6.07) is 9.97. The highest BCUT2D eigenvalue weighted by Crippen LogP contribution is 2.26. The molecule has 1 aromatic carbocycles. The number of halogens is 2. The van der Waals surface area contributed by atoms with Gasteiger partial charge >= 0.3 is 0 Å². The number of benzene rings is 1. The maximum atomic E-state index is 6.05. The van der Waals surface area contributed by atoms with Crippen molar-refractivity contribution >= 4 is 34.5 Å². The molecule has 0 radical (unpaired) electrons. The van der Waals surface area contributed by atoms with Crippen molar-refractivity contribution in [1.29, 1.82) is 0 Å². The zero-order chi connectivity index (χ0) is 14.5. The largest absolute Gasteiger partial charge is 0.488 e. The van der Waals surface area contributed by atoms with Gasteiger partial charge in [-0.15, -0.1) is 11.3 Å². The lowest BCUT2D eigenvalue weighted by Gasteiger charge is -2.13. The van der Waals surface area contributed by atoms with E-state index in [0.717, 1.165) is 32.1 Å². The highest BCUT2D eigenvalue weighted by Gasteiger charge is 2.07. The predicted molar refractivity (Wildman–Crippen MR) is 87.1 cm³/mol. The van der Waals surface area contributed by atoms with Gasteiger partial charge in [0.2, 0.25) is 0 Å². The summed E-state index contributed by atoms with van der Waals surface area (Å²) in [4.78, 5) is 1.10. The summed E-state index contributed by atoms with van der Waals surface area (Å²) in [6.07, 6.45) is 0. The summed E-state index contributed by atoms with van der Waals surface area (Å²) in [7, 11) is 0. The van der Waals surface area contributed by atoms with Gasteiger partial charge in [-0.2, -0.15) is 0 Å². The van der Waals surface area contributed by atoms with E-state index >= 15 is 0 Å². The number of rotatable bonds is 6. The van der Waals surface area contributed by atoms with E-state index in [4.69, 9.17) is 27.9 Å². The first-order chi connectivity index (χ1) is 9.54. The zero-order valence-electron chi connectivity index (χ0n) is 11.5. The molecule has 0 amide bonds. The number of nitrogens with one attached hydrogen (secondary N) is 1. The fourth-order valence-electron chi connectivity index (χ4n) is 1.72. The Morgan fingerprint density at radius 2 is 2.00 bits per heavy atom. The lowest BCUT2D eigenvalue weighted by atomic mass is 10.2. The first kappa shape index (κ1) is 15.6. The molecule has 0 fully saturated rings. The third-order valence-corrected chi connectivity index (χ3v) is 4.16. The van der Waals surface area contributed by atoms with Crippen molar-refractivity contribution < 1.29 is 4.74 Å². The van der Waals surface area contributed by atoms with Crippen molar-refractivity contribution in [3.63, 3.8) is 0 Å². The second-order valence-corrected chi connectivity index (χ2v) is 7.02. The minimum absolute atomic E-state index is 0.415. The van der Waals surface area contributed by atoms with Crippen LogP contribution < -0.4 is 10.1 Å². The highest BCUT2D eigenvalue weighted by molar-refractivity contribution is 7.16. The van der Waals surface area contributed by atoms with Gasteiger partial charge in [-0.3, -0.25) is 0 Å². The van der Waals surface area contributed by atoms with Crippen LogP contribution in [-0.4, -0.2) is 6.04 Å². The molecule has 1 N–H and O–H groups in total. The average molecular weight is 330 g/mol. The molecule has 0 aliphatic heterocycles. The Bertz CT molecular complexity index is 569. The van der Waals surface area contributed by atoms with E-state index in [9.17, 15) is 0 Å². The summed E-state index contributed by atoms with van der Waals surface area (Å²) < 4.78 is 6.66. The van der Waals surface area contributed by atoms with Crippen LogP contribution in [0.5, 0.6) is 5.75 Å². The molecule has 20 heavy (non-hydrogen) atoms. The van der Waals surface area contributed by atoms with Crippen molar-refractivity contribution in [1.82, 2.24) is 5.32 Å². The molecule has 1 heterocycles. The van der Waals surface area contributed by atoms with Gasteiger partial charge in [0.05, 0.1) is 4.34 Å². The lowest BCUT2D eigenvalue weighted by molar-refractivity contribution is 0.305. The number of ether oxygens (including phenoxy) is 1. The zero-order valence-corrected chi connectivity index (χ0v) is 13.8. The maximum absolute atomic E-state index is 6.05. The summed E-state index contributed by atoms with van der Waals surface area (Å²) >= 11 is 13.5. The SMILES string of the molecule is CC(C)NCc1cc(Cl)ccc1OCc1ccc(Cl)s1. The second-order valence-electron chi connectivity index (χ2n) is 4.78. The quantitative estimate of drug-likeness (QED) is 0.792. The van der Waals surface area contributed by atoms with Gasteiger partial charge in [0.15, 0.2) is 0 Å². The molecule has 2 rings (SSSR count). The molecule has 0 bridgehead atoms. The van der Waals surface area contributed by atoms with Gasteiger partial charge < -0.3 is 10.1 Å². The van der Waals surface area contributed by atoms with Gasteiger partial charge in [-0.25, -0.2) is 0 Å². The van der Waals surface area contributed by atoms with Crippen molar-refractivity contribution in [2.45, 2.75) is 33.0 Å². The van der Waals surface area contributed by atoms with Gasteiger partial charge in [0.1, 0.15) is 12.4 Å². The van der Waals surface area contributed by atoms with Crippen LogP contribution in [0.1, 0.15) is 24.3 Å². The second kappa shape index (κ2) is 7.32. The van der Waals surface area contributed by atoms with Crippen LogP contribution in [0.15, 0.2) is 30.3 Å². The molecule has 0 spiro atoms. The van der Waals surface area contributed by atoms with Crippen LogP contribution in [0.2, 0.25) is 9.36 Å². The van der Waals surface area contributed by atoms with E-state index in [0.29, 0.717) is 12.6 Å². The van der Waals surface area contributed by atoms with Gasteiger partial charge in [0, 0.05) is 28.0 Å². The lowest BCUT2D eigenvalue weighted by Crippen LogP contribution is -2.22. The van der Waals surface area contributed by atoms with Crippen molar-refractivity contribution in [2.75, 3.05) is 0 Å². The van der Waals surface area contributed by atoms with Gasteiger partial charge in [-0.1, -0.05) is 37.0 Å². The number of hydrogen-bond donors (Lipinski definition) is 1. The molecule has 1 aromatic heterocycles. The Balaban J connectivity index is 2.05. The van der Waals surface area contributed by atoms with E-state index in [1.54, 1.807) is 0 Å². The molecule has 2 aromatic rings. The van der Waals surface area contributed by atoms with Crippen LogP contribution >= 0.6 is 34.5 Å². The van der Waals surface area contributed by atoms with E-state index in [1.807, 2.05) is 30.3 Å². The Morgan fingerprint density at radius 1 is 1.20 bits per heavy atom. The average Bonchev–Trinajstić information content (AvgIpc) is 2.81. The van der Waals surface area contributed by atoms with E-state index < -0.39 is 0 Å². The van der Waals surface area contributed by atoms with E-state index in [2.05, 4.69) is 19.2 Å². The molecule has 108 valence electrons. The molecule has 5 heteroatoms. The monoisotopic (exact) mass is 329 g/mol. The van der Waals surface area contributed by atoms with Crippen LogP contribution in [0, 0.1) is 0 Å². The standard InChI is InChI=1S/C15H17Cl2NOS/c1-10(2)18-8-11-7-12(16)3-5-14(11)19-9-13-4-6-15(17)20-13/h3-7,10,18H,8-9H2,1-2H3. The molecule has 0 saturated carbocycles. The third kappa shape index (κ3) is 4.67. The minimum Gasteiger partial charge on any atom is -0.488 e. The molecule has 0 aliphatic carbocycles. The first-order valence-corrected chi connectivity index (χ1v) is 8.00. The van der Waals surface area contributed by atoms with Crippen LogP contribution in [0.3, 0.4) is 0 Å². The fourth-order valence-corrected chi connectivity index (χ4v) is 2.91. The predicted octanol–water partition coefficient (Wildman–Crippen LogP) is 5.13. The highest BCUT2D eigenvalue weighted by atomic mass is 35.5. The Hall–Kier alpha value is -0.740. The van der Waals surface area contributed by atoms with E-state index in [-0.39, 0.29) is 0 Å². The van der Waals surface area contributed by atoms with Gasteiger partial charge in [0.25, 0.3) is 0 Å². The summed E-state index contributed by atoms with van der Waals surface area (Å²) in [5.74, 6) is 0.854. The first-order valence-electron chi connectivity index (χ1n) is 6.43. The fraction of sp³-hybridized carbons (Fsp3) is 0.333. The summed E-state index contributed by atoms with van der Waals surface area (Å²) in [5.41, 5.74) is 1.06. The normalized spacial score (nSPS) is 11.1. The van der Waals surface area contributed by atoms with Crippen molar-refractivity contribution in [2.24, 2.45) is 0 Å². The van der Waals surface area contributed by atoms with Crippen LogP contribution in [0.4, 0.5) is 0 Å². The van der Waals surface area contributed by atoms with Crippen molar-refractivity contribution in [3.8, 4) is 5.75 Å². The van der Waals surface area contributed by atoms with E-state index in [1.165, 1.54) is 11.3 Å². The van der Waals surface area contributed by atoms with Gasteiger partial charge in [-0.05, 0) is 30.3 Å². The summed E-state index contributed by atoms with van der Waals surface area (Å²) in [5, 5.41) is 4.09. The minimum atomic E-state index is 0.415. The molecule has 2 nitrogen and oxygen atoms in total. The van der Waals surface area contributed by atoms with Crippen LogP contribution in [-0.2, 0) is 13.2 Å². The molecule has 0 unspecified atom stereocenters. The topological polar surface area (TPSA) is 21.3 Å². The Labute approximate surface area is 133 Å². The Morgan fingerprint density at radius 3 is 2.65 bits per heavy atom. The number of thiophene rings is 1. The molecular weight excluding hydrogens is 313 g/mol. The molecule has 0 saturated heterocycles. The van der Waals surface area contributed by atoms with Crippen molar-refractivity contribution in [3.05, 3.63) is 50.1 Å². The maximum Gasteiger partial charge on any atom is 0.124 e. The number of hydrogen-bond acceptors (Lipinski definition) is 3. The molecular formula is C15H17Cl2NOS. The Kier molecular flexibility index (Phi) is 5.73.